The minimum absolute atomic E-state index is 0.0676. The van der Waals surface area contributed by atoms with Crippen LogP contribution >= 0.6 is 0 Å². The first-order chi connectivity index (χ1) is 9.13. The van der Waals surface area contributed by atoms with Gasteiger partial charge in [-0.2, -0.15) is 0 Å². The van der Waals surface area contributed by atoms with Gasteiger partial charge in [0.2, 0.25) is 0 Å². The number of likely N-dealkylation sites (tertiary alicyclic amines) is 1. The van der Waals surface area contributed by atoms with Crippen molar-refractivity contribution in [1.29, 1.82) is 0 Å². The Labute approximate surface area is 113 Å². The molecule has 1 saturated heterocycles. The molecule has 1 heterocycles. The minimum Gasteiger partial charge on any atom is -0.399 e. The van der Waals surface area contributed by atoms with Crippen molar-refractivity contribution in [3.63, 3.8) is 0 Å². The maximum Gasteiger partial charge on any atom is 0.0971 e. The average molecular weight is 266 g/mol. The second-order valence-electron chi connectivity index (χ2n) is 4.95. The summed E-state index contributed by atoms with van der Waals surface area (Å²) in [6.45, 7) is 2.10. The summed E-state index contributed by atoms with van der Waals surface area (Å²) < 4.78 is 10.8. The molecule has 0 spiro atoms. The van der Waals surface area contributed by atoms with E-state index in [-0.39, 0.29) is 12.2 Å². The summed E-state index contributed by atoms with van der Waals surface area (Å²) in [5, 5.41) is 10.2. The van der Waals surface area contributed by atoms with Crippen LogP contribution in [-0.2, 0) is 9.47 Å². The van der Waals surface area contributed by atoms with Gasteiger partial charge in [-0.15, -0.1) is 0 Å². The van der Waals surface area contributed by atoms with Gasteiger partial charge in [-0.05, 0) is 17.7 Å². The lowest BCUT2D eigenvalue weighted by molar-refractivity contribution is -0.00461. The summed E-state index contributed by atoms with van der Waals surface area (Å²) in [7, 11) is 3.38. The zero-order valence-corrected chi connectivity index (χ0v) is 11.5. The molecule has 5 nitrogen and oxygen atoms in total. The van der Waals surface area contributed by atoms with Crippen LogP contribution in [0.4, 0.5) is 5.69 Å². The van der Waals surface area contributed by atoms with Crippen LogP contribution in [-0.4, -0.2) is 56.1 Å². The number of aliphatic hydroxyl groups is 1. The number of hydrogen-bond acceptors (Lipinski definition) is 5. The molecule has 3 unspecified atom stereocenters. The first-order valence-corrected chi connectivity index (χ1v) is 6.45. The molecular formula is C14H22N2O3. The summed E-state index contributed by atoms with van der Waals surface area (Å²) in [5.41, 5.74) is 7.24. The Hall–Kier alpha value is -1.14. The lowest BCUT2D eigenvalue weighted by Gasteiger charge is -2.20. The Morgan fingerprint density at radius 1 is 1.32 bits per heavy atom. The molecule has 1 aromatic carbocycles. The Morgan fingerprint density at radius 3 is 2.47 bits per heavy atom. The third-order valence-electron chi connectivity index (χ3n) is 3.62. The number of nitrogens with zero attached hydrogens (tertiary/aromatic N) is 1. The zero-order chi connectivity index (χ0) is 13.8. The third kappa shape index (κ3) is 3.45. The maximum absolute atomic E-state index is 10.2. The van der Waals surface area contributed by atoms with Crippen LogP contribution in [0.2, 0.25) is 0 Å². The quantitative estimate of drug-likeness (QED) is 0.766. The van der Waals surface area contributed by atoms with Crippen LogP contribution in [0, 0.1) is 0 Å². The van der Waals surface area contributed by atoms with E-state index < -0.39 is 6.10 Å². The molecular weight excluding hydrogens is 244 g/mol. The normalized spacial score (nSPS) is 25.6. The lowest BCUT2D eigenvalue weighted by atomic mass is 10.1. The highest BCUT2D eigenvalue weighted by atomic mass is 16.5. The molecule has 1 fully saturated rings. The van der Waals surface area contributed by atoms with Gasteiger partial charge < -0.3 is 20.3 Å². The molecule has 3 atom stereocenters. The number of anilines is 1. The van der Waals surface area contributed by atoms with E-state index in [4.69, 9.17) is 15.2 Å². The smallest absolute Gasteiger partial charge is 0.0971 e. The van der Waals surface area contributed by atoms with Crippen molar-refractivity contribution >= 4 is 5.69 Å². The number of β-amino-alcohol motifs (C(OH)–C–C–N with tert-alkyl or cyclic N) is 1. The first-order valence-electron chi connectivity index (χ1n) is 6.45. The topological polar surface area (TPSA) is 68.0 Å². The van der Waals surface area contributed by atoms with Gasteiger partial charge in [0.25, 0.3) is 0 Å². The van der Waals surface area contributed by atoms with Crippen LogP contribution in [0.1, 0.15) is 11.7 Å². The lowest BCUT2D eigenvalue weighted by Crippen LogP contribution is -2.27. The summed E-state index contributed by atoms with van der Waals surface area (Å²) in [6, 6.07) is 7.36. The molecule has 3 N–H and O–H groups in total. The fraction of sp³-hybridized carbons (Fsp3) is 0.571. The molecule has 0 bridgehead atoms. The molecule has 0 amide bonds. The van der Waals surface area contributed by atoms with Crippen LogP contribution in [0.25, 0.3) is 0 Å². The number of hydrogen-bond donors (Lipinski definition) is 2. The molecule has 2 rings (SSSR count). The van der Waals surface area contributed by atoms with E-state index in [2.05, 4.69) is 4.90 Å². The summed E-state index contributed by atoms with van der Waals surface area (Å²) in [6.07, 6.45) is -0.410. The zero-order valence-electron chi connectivity index (χ0n) is 11.5. The van der Waals surface area contributed by atoms with Crippen LogP contribution < -0.4 is 5.73 Å². The van der Waals surface area contributed by atoms with Crippen molar-refractivity contribution in [1.82, 2.24) is 4.90 Å². The molecule has 19 heavy (non-hydrogen) atoms. The molecule has 1 aliphatic rings. The van der Waals surface area contributed by atoms with Crippen molar-refractivity contribution in [2.24, 2.45) is 0 Å². The second-order valence-corrected chi connectivity index (χ2v) is 4.95. The predicted octanol–water partition coefficient (Wildman–Crippen LogP) is 0.648. The van der Waals surface area contributed by atoms with Gasteiger partial charge in [-0.3, -0.25) is 4.90 Å². The third-order valence-corrected chi connectivity index (χ3v) is 3.62. The molecule has 0 saturated carbocycles. The van der Waals surface area contributed by atoms with E-state index in [1.807, 2.05) is 24.3 Å². The Bertz CT molecular complexity index is 401. The van der Waals surface area contributed by atoms with E-state index in [1.54, 1.807) is 14.2 Å². The number of methoxy groups -OCH3 is 2. The average Bonchev–Trinajstić information content (AvgIpc) is 2.80. The molecule has 0 aromatic heterocycles. The Balaban J connectivity index is 1.95. The molecule has 0 radical (unpaired) electrons. The molecule has 1 aromatic rings. The summed E-state index contributed by atoms with van der Waals surface area (Å²) in [5.74, 6) is 0. The second kappa shape index (κ2) is 6.34. The predicted molar refractivity (Wildman–Crippen MR) is 73.8 cm³/mol. The molecule has 5 heteroatoms. The monoisotopic (exact) mass is 266 g/mol. The van der Waals surface area contributed by atoms with E-state index in [1.165, 1.54) is 0 Å². The Kier molecular flexibility index (Phi) is 4.76. The van der Waals surface area contributed by atoms with Gasteiger partial charge >= 0.3 is 0 Å². The van der Waals surface area contributed by atoms with Crippen molar-refractivity contribution in [2.75, 3.05) is 39.6 Å². The summed E-state index contributed by atoms with van der Waals surface area (Å²) >= 11 is 0. The highest BCUT2D eigenvalue weighted by Gasteiger charge is 2.33. The number of aliphatic hydroxyl groups excluding tert-OH is 1. The van der Waals surface area contributed by atoms with E-state index in [9.17, 15) is 5.11 Å². The Morgan fingerprint density at radius 2 is 1.95 bits per heavy atom. The molecule has 1 aliphatic heterocycles. The van der Waals surface area contributed by atoms with Crippen molar-refractivity contribution in [2.45, 2.75) is 18.3 Å². The van der Waals surface area contributed by atoms with Crippen molar-refractivity contribution < 1.29 is 14.6 Å². The van der Waals surface area contributed by atoms with Gasteiger partial charge in [-0.1, -0.05) is 12.1 Å². The van der Waals surface area contributed by atoms with Crippen LogP contribution in [0.15, 0.2) is 24.3 Å². The van der Waals surface area contributed by atoms with Crippen LogP contribution in [0.5, 0.6) is 0 Å². The fourth-order valence-corrected chi connectivity index (χ4v) is 2.54. The highest BCUT2D eigenvalue weighted by Crippen LogP contribution is 2.21. The van der Waals surface area contributed by atoms with Crippen molar-refractivity contribution in [3.8, 4) is 0 Å². The van der Waals surface area contributed by atoms with E-state index in [0.717, 1.165) is 18.7 Å². The number of benzene rings is 1. The van der Waals surface area contributed by atoms with Gasteiger partial charge in [0, 0.05) is 39.5 Å². The maximum atomic E-state index is 10.2. The highest BCUT2D eigenvalue weighted by molar-refractivity contribution is 5.41. The van der Waals surface area contributed by atoms with Gasteiger partial charge in [0.05, 0.1) is 18.3 Å². The molecule has 0 aliphatic carbocycles. The van der Waals surface area contributed by atoms with Gasteiger partial charge in [0.15, 0.2) is 0 Å². The SMILES string of the molecule is COC1CN(CC(O)c2cccc(N)c2)CC1OC. The summed E-state index contributed by atoms with van der Waals surface area (Å²) in [4.78, 5) is 2.15. The van der Waals surface area contributed by atoms with Crippen molar-refractivity contribution in [3.05, 3.63) is 29.8 Å². The van der Waals surface area contributed by atoms with Gasteiger partial charge in [-0.25, -0.2) is 0 Å². The standard InChI is InChI=1S/C14H22N2O3/c1-18-13-8-16(9-14(13)19-2)7-12(17)10-4-3-5-11(15)6-10/h3-6,12-14,17H,7-9,15H2,1-2H3. The van der Waals surface area contributed by atoms with Crippen LogP contribution in [0.3, 0.4) is 0 Å². The van der Waals surface area contributed by atoms with E-state index in [0.29, 0.717) is 12.2 Å². The molecule has 106 valence electrons. The largest absolute Gasteiger partial charge is 0.399 e. The van der Waals surface area contributed by atoms with E-state index >= 15 is 0 Å². The number of ether oxygens (including phenoxy) is 2. The number of nitrogen functional groups attached to an aromatic ring is 1. The number of nitrogens with two attached hydrogens (primary N) is 1. The number of rotatable bonds is 5. The van der Waals surface area contributed by atoms with Gasteiger partial charge in [0.1, 0.15) is 0 Å². The first kappa shape index (κ1) is 14.3. The minimum atomic E-state index is -0.545. The fourth-order valence-electron chi connectivity index (χ4n) is 2.54.